The molecular weight excluding hydrogens is 316 g/mol. The molecule has 0 atom stereocenters. The summed E-state index contributed by atoms with van der Waals surface area (Å²) in [6.07, 6.45) is 1.48. The number of hydrogen-bond acceptors (Lipinski definition) is 5. The molecule has 0 spiro atoms. The van der Waals surface area contributed by atoms with E-state index >= 15 is 0 Å². The Morgan fingerprint density at radius 2 is 2.09 bits per heavy atom. The van der Waals surface area contributed by atoms with E-state index in [1.165, 1.54) is 17.6 Å². The van der Waals surface area contributed by atoms with E-state index < -0.39 is 0 Å². The van der Waals surface area contributed by atoms with Gasteiger partial charge in [0.05, 0.1) is 6.26 Å². The van der Waals surface area contributed by atoms with E-state index in [2.05, 4.69) is 17.2 Å². The molecule has 0 fully saturated rings. The lowest BCUT2D eigenvalue weighted by atomic mass is 10.2. The standard InChI is InChI=1S/C16H14N2O2S2/c1-2-21-16-17-13(11-7-4-3-5-8-11)15(22-16)18-14(19)12-9-6-10-20-12/h3-10H,2H2,1H3,(H,18,19). The third kappa shape index (κ3) is 3.23. The predicted octanol–water partition coefficient (Wildman–Crippen LogP) is 4.77. The lowest BCUT2D eigenvalue weighted by molar-refractivity contribution is 0.0997. The molecule has 0 radical (unpaired) electrons. The first-order valence-corrected chi connectivity index (χ1v) is 8.62. The molecule has 22 heavy (non-hydrogen) atoms. The first kappa shape index (κ1) is 14.9. The first-order chi connectivity index (χ1) is 10.8. The van der Waals surface area contributed by atoms with Crippen LogP contribution < -0.4 is 5.32 Å². The molecule has 0 saturated carbocycles. The Morgan fingerprint density at radius 1 is 1.27 bits per heavy atom. The number of nitrogens with zero attached hydrogens (tertiary/aromatic N) is 1. The third-order valence-corrected chi connectivity index (χ3v) is 4.89. The molecule has 1 N–H and O–H groups in total. The van der Waals surface area contributed by atoms with Crippen LogP contribution in [-0.2, 0) is 0 Å². The Kier molecular flexibility index (Phi) is 4.60. The average molecular weight is 330 g/mol. The molecule has 0 aliphatic carbocycles. The second-order valence-electron chi connectivity index (χ2n) is 4.39. The molecule has 0 aliphatic rings. The number of benzene rings is 1. The number of carbonyl (C=O) groups excluding carboxylic acids is 1. The van der Waals surface area contributed by atoms with Crippen molar-refractivity contribution in [3.8, 4) is 11.3 Å². The van der Waals surface area contributed by atoms with Crippen LogP contribution in [0, 0.1) is 0 Å². The normalized spacial score (nSPS) is 10.6. The number of amides is 1. The van der Waals surface area contributed by atoms with Gasteiger partial charge in [0.2, 0.25) is 0 Å². The quantitative estimate of drug-likeness (QED) is 0.685. The average Bonchev–Trinajstić information content (AvgIpc) is 3.18. The monoisotopic (exact) mass is 330 g/mol. The summed E-state index contributed by atoms with van der Waals surface area (Å²) in [5.41, 5.74) is 1.78. The summed E-state index contributed by atoms with van der Waals surface area (Å²) < 4.78 is 6.08. The number of carbonyl (C=O) groups is 1. The topological polar surface area (TPSA) is 55.1 Å². The van der Waals surface area contributed by atoms with Crippen LogP contribution in [0.25, 0.3) is 11.3 Å². The van der Waals surface area contributed by atoms with Crippen LogP contribution in [0.4, 0.5) is 5.00 Å². The van der Waals surface area contributed by atoms with Crippen LogP contribution in [0.1, 0.15) is 17.5 Å². The second kappa shape index (κ2) is 6.81. The van der Waals surface area contributed by atoms with Crippen molar-refractivity contribution in [1.82, 2.24) is 4.98 Å². The van der Waals surface area contributed by atoms with Gasteiger partial charge in [0, 0.05) is 5.56 Å². The molecular formula is C16H14N2O2S2. The maximum absolute atomic E-state index is 12.2. The molecule has 0 saturated heterocycles. The highest BCUT2D eigenvalue weighted by atomic mass is 32.2. The highest BCUT2D eigenvalue weighted by Crippen LogP contribution is 2.37. The van der Waals surface area contributed by atoms with Gasteiger partial charge in [-0.2, -0.15) is 0 Å². The number of hydrogen-bond donors (Lipinski definition) is 1. The van der Waals surface area contributed by atoms with Gasteiger partial charge in [-0.15, -0.1) is 0 Å². The van der Waals surface area contributed by atoms with Gasteiger partial charge in [-0.25, -0.2) is 4.98 Å². The summed E-state index contributed by atoms with van der Waals surface area (Å²) in [6, 6.07) is 13.2. The van der Waals surface area contributed by atoms with E-state index in [1.807, 2.05) is 30.3 Å². The third-order valence-electron chi connectivity index (χ3n) is 2.89. The van der Waals surface area contributed by atoms with Crippen molar-refractivity contribution < 1.29 is 9.21 Å². The van der Waals surface area contributed by atoms with E-state index in [0.717, 1.165) is 26.4 Å². The number of thiazole rings is 1. The van der Waals surface area contributed by atoms with Crippen LogP contribution in [0.15, 0.2) is 57.5 Å². The van der Waals surface area contributed by atoms with Crippen molar-refractivity contribution in [2.24, 2.45) is 0 Å². The Labute approximate surface area is 136 Å². The lowest BCUT2D eigenvalue weighted by Gasteiger charge is -2.03. The molecule has 0 aliphatic heterocycles. The van der Waals surface area contributed by atoms with Crippen molar-refractivity contribution in [2.75, 3.05) is 11.1 Å². The van der Waals surface area contributed by atoms with Crippen LogP contribution in [0.3, 0.4) is 0 Å². The fraction of sp³-hybridized carbons (Fsp3) is 0.125. The minimum absolute atomic E-state index is 0.265. The summed E-state index contributed by atoms with van der Waals surface area (Å²) in [7, 11) is 0. The van der Waals surface area contributed by atoms with E-state index in [4.69, 9.17) is 4.42 Å². The van der Waals surface area contributed by atoms with Crippen LogP contribution in [-0.4, -0.2) is 16.6 Å². The zero-order chi connectivity index (χ0) is 15.4. The largest absolute Gasteiger partial charge is 0.459 e. The molecule has 6 heteroatoms. The number of thioether (sulfide) groups is 1. The van der Waals surface area contributed by atoms with Crippen molar-refractivity contribution >= 4 is 34.0 Å². The van der Waals surface area contributed by atoms with Gasteiger partial charge < -0.3 is 9.73 Å². The minimum atomic E-state index is -0.265. The minimum Gasteiger partial charge on any atom is -0.459 e. The Morgan fingerprint density at radius 3 is 2.77 bits per heavy atom. The molecule has 4 nitrogen and oxygen atoms in total. The van der Waals surface area contributed by atoms with E-state index in [9.17, 15) is 4.79 Å². The van der Waals surface area contributed by atoms with Gasteiger partial charge in [-0.3, -0.25) is 4.79 Å². The Bertz CT molecular complexity index is 752. The first-order valence-electron chi connectivity index (χ1n) is 6.82. The Balaban J connectivity index is 1.93. The van der Waals surface area contributed by atoms with Crippen LogP contribution >= 0.6 is 23.1 Å². The van der Waals surface area contributed by atoms with Crippen molar-refractivity contribution in [1.29, 1.82) is 0 Å². The van der Waals surface area contributed by atoms with Gasteiger partial charge in [0.1, 0.15) is 10.7 Å². The fourth-order valence-corrected chi connectivity index (χ4v) is 3.89. The smallest absolute Gasteiger partial charge is 0.292 e. The zero-order valence-corrected chi connectivity index (χ0v) is 13.5. The Hall–Kier alpha value is -2.05. The number of nitrogens with one attached hydrogen (secondary N) is 1. The number of anilines is 1. The molecule has 0 bridgehead atoms. The van der Waals surface area contributed by atoms with Crippen molar-refractivity contribution in [3.05, 3.63) is 54.5 Å². The summed E-state index contributed by atoms with van der Waals surface area (Å²) in [6.45, 7) is 2.08. The second-order valence-corrected chi connectivity index (χ2v) is 6.90. The maximum atomic E-state index is 12.2. The molecule has 1 aromatic carbocycles. The van der Waals surface area contributed by atoms with Crippen LogP contribution in [0.2, 0.25) is 0 Å². The summed E-state index contributed by atoms with van der Waals surface area (Å²) in [5.74, 6) is 0.962. The number of rotatable bonds is 5. The lowest BCUT2D eigenvalue weighted by Crippen LogP contribution is -2.10. The van der Waals surface area contributed by atoms with Crippen molar-refractivity contribution in [3.63, 3.8) is 0 Å². The summed E-state index contributed by atoms with van der Waals surface area (Å²) >= 11 is 3.14. The molecule has 1 amide bonds. The molecule has 0 unspecified atom stereocenters. The zero-order valence-electron chi connectivity index (χ0n) is 11.9. The van der Waals surface area contributed by atoms with Gasteiger partial charge in [-0.1, -0.05) is 60.4 Å². The van der Waals surface area contributed by atoms with Crippen LogP contribution in [0.5, 0.6) is 0 Å². The highest BCUT2D eigenvalue weighted by molar-refractivity contribution is 8.01. The molecule has 2 aromatic heterocycles. The molecule has 2 heterocycles. The number of furan rings is 1. The fourth-order valence-electron chi connectivity index (χ4n) is 1.93. The predicted molar refractivity (Wildman–Crippen MR) is 90.6 cm³/mol. The van der Waals surface area contributed by atoms with E-state index in [0.29, 0.717) is 0 Å². The SMILES string of the molecule is CCSc1nc(-c2ccccc2)c(NC(=O)c2ccco2)s1. The van der Waals surface area contributed by atoms with Gasteiger partial charge in [0.25, 0.3) is 5.91 Å². The van der Waals surface area contributed by atoms with Gasteiger partial charge in [-0.05, 0) is 17.9 Å². The maximum Gasteiger partial charge on any atom is 0.292 e. The highest BCUT2D eigenvalue weighted by Gasteiger charge is 2.17. The summed E-state index contributed by atoms with van der Waals surface area (Å²) in [5, 5.41) is 3.64. The van der Waals surface area contributed by atoms with Gasteiger partial charge >= 0.3 is 0 Å². The number of aromatic nitrogens is 1. The molecule has 3 aromatic rings. The summed E-state index contributed by atoms with van der Waals surface area (Å²) in [4.78, 5) is 16.8. The molecule has 112 valence electrons. The van der Waals surface area contributed by atoms with Crippen molar-refractivity contribution in [2.45, 2.75) is 11.3 Å². The molecule has 3 rings (SSSR count). The van der Waals surface area contributed by atoms with E-state index in [1.54, 1.807) is 23.9 Å². The van der Waals surface area contributed by atoms with Gasteiger partial charge in [0.15, 0.2) is 10.1 Å². The van der Waals surface area contributed by atoms with E-state index in [-0.39, 0.29) is 11.7 Å².